The van der Waals surface area contributed by atoms with Gasteiger partial charge in [-0.2, -0.15) is 5.10 Å². The molecule has 0 spiro atoms. The van der Waals surface area contributed by atoms with Crippen LogP contribution in [0.5, 0.6) is 0 Å². The lowest BCUT2D eigenvalue weighted by molar-refractivity contribution is 0.318. The molecule has 1 aliphatic rings. The first kappa shape index (κ1) is 11.8. The highest BCUT2D eigenvalue weighted by Crippen LogP contribution is 2.25. The van der Waals surface area contributed by atoms with Crippen molar-refractivity contribution in [1.29, 1.82) is 0 Å². The van der Waals surface area contributed by atoms with Crippen molar-refractivity contribution in [3.05, 3.63) is 23.4 Å². The molecule has 4 nitrogen and oxygen atoms in total. The molecule has 0 radical (unpaired) electrons. The van der Waals surface area contributed by atoms with Crippen molar-refractivity contribution in [2.24, 2.45) is 0 Å². The average Bonchev–Trinajstić information content (AvgIpc) is 2.96. The first-order chi connectivity index (χ1) is 8.74. The Morgan fingerprint density at radius 2 is 2.00 bits per heavy atom. The molecule has 96 valence electrons. The summed E-state index contributed by atoms with van der Waals surface area (Å²) in [5, 5.41) is 5.87. The number of hydrogen-bond acceptors (Lipinski definition) is 3. The van der Waals surface area contributed by atoms with E-state index >= 15 is 0 Å². The number of likely N-dealkylation sites (tertiary alicyclic amines) is 1. The summed E-state index contributed by atoms with van der Waals surface area (Å²) >= 11 is 6.14. The van der Waals surface area contributed by atoms with Crippen LogP contribution in [0.3, 0.4) is 0 Å². The van der Waals surface area contributed by atoms with E-state index in [0.29, 0.717) is 5.15 Å². The van der Waals surface area contributed by atoms with Gasteiger partial charge in [-0.15, -0.1) is 0 Å². The standard InChI is InChI=1S/C13H17ClN4/c14-13-11-9-10(15)3-4-12(11)18(16-13)8-7-17-5-1-2-6-17/h3-4,9H,1-2,5-8,15H2. The van der Waals surface area contributed by atoms with Gasteiger partial charge in [0, 0.05) is 17.6 Å². The van der Waals surface area contributed by atoms with E-state index in [2.05, 4.69) is 10.00 Å². The number of rotatable bonds is 3. The van der Waals surface area contributed by atoms with E-state index in [0.717, 1.165) is 29.7 Å². The van der Waals surface area contributed by atoms with Gasteiger partial charge < -0.3 is 10.6 Å². The zero-order chi connectivity index (χ0) is 12.5. The highest BCUT2D eigenvalue weighted by Gasteiger charge is 2.13. The summed E-state index contributed by atoms with van der Waals surface area (Å²) in [5.74, 6) is 0. The highest BCUT2D eigenvalue weighted by atomic mass is 35.5. The molecule has 2 aromatic rings. The van der Waals surface area contributed by atoms with E-state index in [4.69, 9.17) is 17.3 Å². The predicted molar refractivity (Wildman–Crippen MR) is 74.8 cm³/mol. The predicted octanol–water partition coefficient (Wildman–Crippen LogP) is 2.37. The quantitative estimate of drug-likeness (QED) is 0.866. The third-order valence-electron chi connectivity index (χ3n) is 3.56. The minimum Gasteiger partial charge on any atom is -0.399 e. The van der Waals surface area contributed by atoms with Crippen LogP contribution in [0.2, 0.25) is 5.15 Å². The van der Waals surface area contributed by atoms with Crippen LogP contribution in [0.4, 0.5) is 5.69 Å². The Bertz CT molecular complexity index is 557. The van der Waals surface area contributed by atoms with Gasteiger partial charge in [0.05, 0.1) is 12.1 Å². The summed E-state index contributed by atoms with van der Waals surface area (Å²) in [6, 6.07) is 5.78. The Morgan fingerprint density at radius 1 is 1.22 bits per heavy atom. The lowest BCUT2D eigenvalue weighted by atomic mass is 10.2. The van der Waals surface area contributed by atoms with Crippen LogP contribution in [-0.4, -0.2) is 34.3 Å². The third-order valence-corrected chi connectivity index (χ3v) is 3.84. The second kappa shape index (κ2) is 4.78. The number of aromatic nitrogens is 2. The topological polar surface area (TPSA) is 47.1 Å². The van der Waals surface area contributed by atoms with Crippen molar-refractivity contribution < 1.29 is 0 Å². The molecule has 5 heteroatoms. The van der Waals surface area contributed by atoms with Crippen LogP contribution in [0.1, 0.15) is 12.8 Å². The Balaban J connectivity index is 1.83. The number of halogens is 1. The fraction of sp³-hybridized carbons (Fsp3) is 0.462. The molecule has 0 atom stereocenters. The van der Waals surface area contributed by atoms with Crippen molar-refractivity contribution in [3.8, 4) is 0 Å². The van der Waals surface area contributed by atoms with Gasteiger partial charge in [-0.05, 0) is 44.1 Å². The first-order valence-electron chi connectivity index (χ1n) is 6.38. The van der Waals surface area contributed by atoms with Crippen molar-refractivity contribution >= 4 is 28.2 Å². The number of benzene rings is 1. The Morgan fingerprint density at radius 3 is 2.78 bits per heavy atom. The number of fused-ring (bicyclic) bond motifs is 1. The fourth-order valence-corrected chi connectivity index (χ4v) is 2.81. The largest absolute Gasteiger partial charge is 0.399 e. The molecule has 3 rings (SSSR count). The Labute approximate surface area is 111 Å². The number of nitrogen functional groups attached to an aromatic ring is 1. The lowest BCUT2D eigenvalue weighted by Crippen LogP contribution is -2.24. The summed E-state index contributed by atoms with van der Waals surface area (Å²) in [6.07, 6.45) is 2.63. The summed E-state index contributed by atoms with van der Waals surface area (Å²) < 4.78 is 1.98. The van der Waals surface area contributed by atoms with E-state index in [1.54, 1.807) is 0 Å². The zero-order valence-electron chi connectivity index (χ0n) is 10.3. The van der Waals surface area contributed by atoms with Crippen LogP contribution in [0, 0.1) is 0 Å². The second-order valence-electron chi connectivity index (χ2n) is 4.84. The van der Waals surface area contributed by atoms with E-state index < -0.39 is 0 Å². The number of anilines is 1. The van der Waals surface area contributed by atoms with E-state index in [1.165, 1.54) is 25.9 Å². The zero-order valence-corrected chi connectivity index (χ0v) is 11.0. The first-order valence-corrected chi connectivity index (χ1v) is 6.76. The van der Waals surface area contributed by atoms with Crippen LogP contribution >= 0.6 is 11.6 Å². The van der Waals surface area contributed by atoms with Crippen molar-refractivity contribution in [3.63, 3.8) is 0 Å². The summed E-state index contributed by atoms with van der Waals surface area (Å²) in [6.45, 7) is 4.34. The summed E-state index contributed by atoms with van der Waals surface area (Å²) in [4.78, 5) is 2.47. The molecule has 1 aromatic carbocycles. The van der Waals surface area contributed by atoms with Gasteiger partial charge in [0.1, 0.15) is 0 Å². The van der Waals surface area contributed by atoms with E-state index in [-0.39, 0.29) is 0 Å². The molecule has 1 saturated heterocycles. The number of nitrogens with zero attached hydrogens (tertiary/aromatic N) is 3. The van der Waals surface area contributed by atoms with Gasteiger partial charge in [-0.1, -0.05) is 11.6 Å². The van der Waals surface area contributed by atoms with Crippen LogP contribution in [0.25, 0.3) is 10.9 Å². The highest BCUT2D eigenvalue weighted by molar-refractivity contribution is 6.34. The van der Waals surface area contributed by atoms with Crippen molar-refractivity contribution in [1.82, 2.24) is 14.7 Å². The molecule has 0 unspecified atom stereocenters. The second-order valence-corrected chi connectivity index (χ2v) is 5.20. The molecule has 2 N–H and O–H groups in total. The number of hydrogen-bond donors (Lipinski definition) is 1. The lowest BCUT2D eigenvalue weighted by Gasteiger charge is -2.14. The van der Waals surface area contributed by atoms with Gasteiger partial charge in [-0.25, -0.2) is 0 Å². The van der Waals surface area contributed by atoms with E-state index in [9.17, 15) is 0 Å². The maximum Gasteiger partial charge on any atom is 0.158 e. The van der Waals surface area contributed by atoms with Crippen molar-refractivity contribution in [2.45, 2.75) is 19.4 Å². The molecule has 2 heterocycles. The number of nitrogens with two attached hydrogens (primary N) is 1. The molecule has 0 amide bonds. The maximum atomic E-state index is 6.14. The molecular formula is C13H17ClN4. The van der Waals surface area contributed by atoms with Crippen molar-refractivity contribution in [2.75, 3.05) is 25.4 Å². The van der Waals surface area contributed by atoms with Gasteiger partial charge in [-0.3, -0.25) is 4.68 Å². The SMILES string of the molecule is Nc1ccc2c(c1)c(Cl)nn2CCN1CCCC1. The van der Waals surface area contributed by atoms with Gasteiger partial charge >= 0.3 is 0 Å². The molecule has 1 fully saturated rings. The monoisotopic (exact) mass is 264 g/mol. The summed E-state index contributed by atoms with van der Waals surface area (Å²) in [5.41, 5.74) is 7.56. The summed E-state index contributed by atoms with van der Waals surface area (Å²) in [7, 11) is 0. The fourth-order valence-electron chi connectivity index (χ4n) is 2.57. The molecular weight excluding hydrogens is 248 g/mol. The molecule has 18 heavy (non-hydrogen) atoms. The normalized spacial score (nSPS) is 16.7. The smallest absolute Gasteiger partial charge is 0.158 e. The minimum absolute atomic E-state index is 0.540. The van der Waals surface area contributed by atoms with Gasteiger partial charge in [0.25, 0.3) is 0 Å². The molecule has 0 aliphatic carbocycles. The molecule has 0 bridgehead atoms. The third kappa shape index (κ3) is 2.18. The average molecular weight is 265 g/mol. The minimum atomic E-state index is 0.540. The molecule has 1 aromatic heterocycles. The molecule has 1 aliphatic heterocycles. The molecule has 0 saturated carbocycles. The Hall–Kier alpha value is -1.26. The van der Waals surface area contributed by atoms with Gasteiger partial charge in [0.2, 0.25) is 0 Å². The van der Waals surface area contributed by atoms with Crippen LogP contribution in [-0.2, 0) is 6.54 Å². The van der Waals surface area contributed by atoms with Gasteiger partial charge in [0.15, 0.2) is 5.15 Å². The van der Waals surface area contributed by atoms with E-state index in [1.807, 2.05) is 22.9 Å². The van der Waals surface area contributed by atoms with Crippen LogP contribution < -0.4 is 5.73 Å². The van der Waals surface area contributed by atoms with Crippen LogP contribution in [0.15, 0.2) is 18.2 Å². The maximum absolute atomic E-state index is 6.14. The Kier molecular flexibility index (Phi) is 3.14.